The van der Waals surface area contributed by atoms with E-state index in [0.717, 1.165) is 41.0 Å². The lowest BCUT2D eigenvalue weighted by Gasteiger charge is -2.16. The zero-order valence-electron chi connectivity index (χ0n) is 16.5. The fourth-order valence-corrected chi connectivity index (χ4v) is 2.86. The van der Waals surface area contributed by atoms with Crippen LogP contribution in [-0.4, -0.2) is 10.9 Å². The third kappa shape index (κ3) is 4.71. The van der Waals surface area contributed by atoms with E-state index in [9.17, 15) is 22.8 Å². The number of aryl methyl sites for hydroxylation is 3. The van der Waals surface area contributed by atoms with Crippen molar-refractivity contribution in [2.24, 2.45) is 0 Å². The van der Waals surface area contributed by atoms with Crippen molar-refractivity contribution in [2.75, 3.05) is 5.32 Å². The Bertz CT molecular complexity index is 1170. The number of aromatic nitrogens is 1. The van der Waals surface area contributed by atoms with E-state index in [4.69, 9.17) is 4.74 Å². The number of H-pyrrole nitrogens is 1. The monoisotopic (exact) mass is 416 g/mol. The summed E-state index contributed by atoms with van der Waals surface area (Å²) < 4.78 is 45.5. The Morgan fingerprint density at radius 2 is 1.63 bits per heavy atom. The highest BCUT2D eigenvalue weighted by Gasteiger charge is 2.32. The van der Waals surface area contributed by atoms with Gasteiger partial charge >= 0.3 is 6.18 Å². The molecule has 0 spiro atoms. The molecule has 0 fully saturated rings. The number of nitrogens with one attached hydrogen (secondary N) is 2. The molecule has 3 rings (SSSR count). The number of carbonyl (C=O) groups excluding carboxylic acids is 1. The molecule has 0 radical (unpaired) electrons. The van der Waals surface area contributed by atoms with Gasteiger partial charge < -0.3 is 15.0 Å². The quantitative estimate of drug-likeness (QED) is 0.601. The predicted molar refractivity (Wildman–Crippen MR) is 107 cm³/mol. The minimum absolute atomic E-state index is 0.0308. The molecule has 5 nitrogen and oxygen atoms in total. The fourth-order valence-electron chi connectivity index (χ4n) is 2.86. The van der Waals surface area contributed by atoms with Gasteiger partial charge in [-0.2, -0.15) is 13.2 Å². The lowest BCUT2D eigenvalue weighted by Crippen LogP contribution is -2.16. The van der Waals surface area contributed by atoms with Gasteiger partial charge in [-0.15, -0.1) is 0 Å². The first-order valence-corrected chi connectivity index (χ1v) is 9.01. The predicted octanol–water partition coefficient (Wildman–Crippen LogP) is 5.36. The third-order valence-electron chi connectivity index (χ3n) is 4.60. The van der Waals surface area contributed by atoms with Crippen LogP contribution in [0.3, 0.4) is 0 Å². The average molecular weight is 416 g/mol. The molecular weight excluding hydrogens is 397 g/mol. The van der Waals surface area contributed by atoms with Crippen molar-refractivity contribution >= 4 is 11.6 Å². The summed E-state index contributed by atoms with van der Waals surface area (Å²) in [5.41, 5.74) is 1.16. The summed E-state index contributed by atoms with van der Waals surface area (Å²) in [6.07, 6.45) is -3.31. The Labute approximate surface area is 170 Å². The van der Waals surface area contributed by atoms with Gasteiger partial charge in [0.1, 0.15) is 11.5 Å². The van der Waals surface area contributed by atoms with Crippen LogP contribution in [0.2, 0.25) is 0 Å². The van der Waals surface area contributed by atoms with Crippen molar-refractivity contribution in [1.82, 2.24) is 4.98 Å². The molecule has 0 atom stereocenters. The number of hydrogen-bond donors (Lipinski definition) is 2. The highest BCUT2D eigenvalue weighted by molar-refractivity contribution is 6.06. The Kier molecular flexibility index (Phi) is 5.69. The van der Waals surface area contributed by atoms with Gasteiger partial charge in [0.15, 0.2) is 0 Å². The number of benzene rings is 2. The highest BCUT2D eigenvalue weighted by atomic mass is 19.4. The van der Waals surface area contributed by atoms with Gasteiger partial charge in [0.25, 0.3) is 5.91 Å². The lowest BCUT2D eigenvalue weighted by atomic mass is 10.1. The van der Waals surface area contributed by atoms with Gasteiger partial charge in [-0.25, -0.2) is 0 Å². The molecule has 0 aliphatic rings. The van der Waals surface area contributed by atoms with E-state index >= 15 is 0 Å². The lowest BCUT2D eigenvalue weighted by molar-refractivity contribution is -0.137. The molecule has 2 N–H and O–H groups in total. The van der Waals surface area contributed by atoms with Crippen molar-refractivity contribution in [3.8, 4) is 11.5 Å². The van der Waals surface area contributed by atoms with Crippen molar-refractivity contribution in [2.45, 2.75) is 26.9 Å². The number of alkyl halides is 3. The summed E-state index contributed by atoms with van der Waals surface area (Å²) in [6, 6.07) is 8.90. The second kappa shape index (κ2) is 8.06. The van der Waals surface area contributed by atoms with Crippen LogP contribution in [0.4, 0.5) is 18.9 Å². The molecule has 2 aromatic carbocycles. The summed E-state index contributed by atoms with van der Waals surface area (Å²) in [5.74, 6) is -0.428. The summed E-state index contributed by atoms with van der Waals surface area (Å²) in [4.78, 5) is 26.6. The Morgan fingerprint density at radius 3 is 2.30 bits per heavy atom. The van der Waals surface area contributed by atoms with Crippen LogP contribution in [-0.2, 0) is 6.18 Å². The second-order valence-corrected chi connectivity index (χ2v) is 6.91. The van der Waals surface area contributed by atoms with Crippen LogP contribution in [0.15, 0.2) is 53.5 Å². The summed E-state index contributed by atoms with van der Waals surface area (Å²) >= 11 is 0. The molecular formula is C22H19F3N2O3. The molecule has 0 aliphatic heterocycles. The minimum Gasteiger partial charge on any atom is -0.456 e. The molecule has 0 bridgehead atoms. The maximum Gasteiger partial charge on any atom is 0.416 e. The highest BCUT2D eigenvalue weighted by Crippen LogP contribution is 2.35. The molecule has 30 heavy (non-hydrogen) atoms. The molecule has 1 heterocycles. The number of anilines is 1. The molecule has 156 valence electrons. The maximum absolute atomic E-state index is 13.2. The number of amides is 1. The molecule has 0 unspecified atom stereocenters. The standard InChI is InChI=1S/C22H19F3N2O3/c1-12-8-14(3)19(9-13(12)2)30-18-5-4-15(22(23,24)25)10-17(18)21(29)27-16-6-7-26-20(28)11-16/h4-11H,1-3H3,(H2,26,27,28,29). The van der Waals surface area contributed by atoms with Gasteiger partial charge in [-0.3, -0.25) is 9.59 Å². The van der Waals surface area contributed by atoms with Crippen LogP contribution in [0.25, 0.3) is 0 Å². The molecule has 1 aromatic heterocycles. The van der Waals surface area contributed by atoms with E-state index < -0.39 is 23.2 Å². The second-order valence-electron chi connectivity index (χ2n) is 6.91. The fraction of sp³-hybridized carbons (Fsp3) is 0.182. The van der Waals surface area contributed by atoms with Crippen LogP contribution in [0.1, 0.15) is 32.6 Å². The molecule has 8 heteroatoms. The summed E-state index contributed by atoms with van der Waals surface area (Å²) in [7, 11) is 0. The zero-order valence-corrected chi connectivity index (χ0v) is 16.5. The summed E-state index contributed by atoms with van der Waals surface area (Å²) in [6.45, 7) is 5.63. The van der Waals surface area contributed by atoms with Crippen LogP contribution in [0.5, 0.6) is 11.5 Å². The first kappa shape index (κ1) is 21.2. The number of pyridine rings is 1. The van der Waals surface area contributed by atoms with Crippen LogP contribution >= 0.6 is 0 Å². The van der Waals surface area contributed by atoms with Crippen molar-refractivity contribution in [3.05, 3.63) is 86.8 Å². The molecule has 0 aliphatic carbocycles. The van der Waals surface area contributed by atoms with Crippen LogP contribution in [0, 0.1) is 20.8 Å². The van der Waals surface area contributed by atoms with Gasteiger partial charge in [0.2, 0.25) is 5.56 Å². The van der Waals surface area contributed by atoms with Gasteiger partial charge in [-0.05, 0) is 67.8 Å². The number of carbonyl (C=O) groups is 1. The summed E-state index contributed by atoms with van der Waals surface area (Å²) in [5, 5.41) is 2.43. The van der Waals surface area contributed by atoms with Gasteiger partial charge in [0, 0.05) is 18.0 Å². The largest absolute Gasteiger partial charge is 0.456 e. The smallest absolute Gasteiger partial charge is 0.416 e. The first-order valence-electron chi connectivity index (χ1n) is 9.01. The number of aromatic amines is 1. The van der Waals surface area contributed by atoms with E-state index in [1.54, 1.807) is 6.07 Å². The third-order valence-corrected chi connectivity index (χ3v) is 4.60. The van der Waals surface area contributed by atoms with Crippen molar-refractivity contribution in [3.63, 3.8) is 0 Å². The maximum atomic E-state index is 13.2. The number of ether oxygens (including phenoxy) is 1. The van der Waals surface area contributed by atoms with Gasteiger partial charge in [0.05, 0.1) is 11.1 Å². The average Bonchev–Trinajstić information content (AvgIpc) is 2.65. The molecule has 3 aromatic rings. The number of halogens is 3. The van der Waals surface area contributed by atoms with Crippen molar-refractivity contribution in [1.29, 1.82) is 0 Å². The molecule has 1 amide bonds. The first-order chi connectivity index (χ1) is 14.0. The van der Waals surface area contributed by atoms with E-state index in [1.807, 2.05) is 26.8 Å². The minimum atomic E-state index is -4.63. The topological polar surface area (TPSA) is 71.2 Å². The normalized spacial score (nSPS) is 11.3. The van der Waals surface area contributed by atoms with Gasteiger partial charge in [-0.1, -0.05) is 6.07 Å². The van der Waals surface area contributed by atoms with Crippen LogP contribution < -0.4 is 15.6 Å². The molecule has 0 saturated carbocycles. The number of rotatable bonds is 4. The van der Waals surface area contributed by atoms with E-state index in [-0.39, 0.29) is 17.0 Å². The van der Waals surface area contributed by atoms with Crippen molar-refractivity contribution < 1.29 is 22.7 Å². The Balaban J connectivity index is 2.03. The van der Waals surface area contributed by atoms with E-state index in [1.165, 1.54) is 12.3 Å². The Hall–Kier alpha value is -3.55. The molecule has 0 saturated heterocycles. The van der Waals surface area contributed by atoms with E-state index in [0.29, 0.717) is 5.75 Å². The number of hydrogen-bond acceptors (Lipinski definition) is 3. The zero-order chi connectivity index (χ0) is 22.1. The van der Waals surface area contributed by atoms with E-state index in [2.05, 4.69) is 10.3 Å². The Morgan fingerprint density at radius 1 is 0.933 bits per heavy atom. The SMILES string of the molecule is Cc1cc(C)c(Oc2ccc(C(F)(F)F)cc2C(=O)Nc2cc[nH]c(=O)c2)cc1C.